The molecule has 0 aromatic heterocycles. The summed E-state index contributed by atoms with van der Waals surface area (Å²) in [7, 11) is 2.87. The number of fused-ring (bicyclic) bond motifs is 3. The predicted octanol–water partition coefficient (Wildman–Crippen LogP) is 4.37. The summed E-state index contributed by atoms with van der Waals surface area (Å²) in [4.78, 5) is 24.5. The molecule has 1 aliphatic carbocycles. The van der Waals surface area contributed by atoms with Gasteiger partial charge in [-0.2, -0.15) is 0 Å². The van der Waals surface area contributed by atoms with Crippen LogP contribution in [-0.4, -0.2) is 38.0 Å². The number of rotatable bonds is 7. The van der Waals surface area contributed by atoms with Crippen molar-refractivity contribution in [3.63, 3.8) is 0 Å². The number of methoxy groups -OCH3 is 2. The molecule has 2 N–H and O–H groups in total. The Morgan fingerprint density at radius 1 is 0.906 bits per heavy atom. The number of hydrogen-bond donors (Lipinski definition) is 2. The van der Waals surface area contributed by atoms with Crippen LogP contribution in [0.25, 0.3) is 11.1 Å². The number of carboxylic acid groups (broad SMARTS) is 1. The summed E-state index contributed by atoms with van der Waals surface area (Å²) in [6.45, 7) is 0.0848. The predicted molar refractivity (Wildman–Crippen MR) is 118 cm³/mol. The lowest BCUT2D eigenvalue weighted by Crippen LogP contribution is -2.35. The van der Waals surface area contributed by atoms with Gasteiger partial charge in [-0.05, 0) is 28.3 Å². The van der Waals surface area contributed by atoms with Crippen LogP contribution >= 0.6 is 0 Å². The molecular weight excluding hydrogens is 410 g/mol. The quantitative estimate of drug-likeness (QED) is 0.575. The van der Waals surface area contributed by atoms with E-state index < -0.39 is 18.1 Å². The number of alkyl carbamates (subject to hydrolysis) is 1. The van der Waals surface area contributed by atoms with E-state index in [2.05, 4.69) is 5.32 Å². The van der Waals surface area contributed by atoms with E-state index >= 15 is 0 Å². The lowest BCUT2D eigenvalue weighted by molar-refractivity contribution is -0.139. The maximum absolute atomic E-state index is 12.6. The van der Waals surface area contributed by atoms with E-state index in [9.17, 15) is 14.7 Å². The Kier molecular flexibility index (Phi) is 5.98. The maximum atomic E-state index is 12.6. The molecule has 0 saturated carbocycles. The minimum Gasteiger partial charge on any atom is -0.493 e. The second-order valence-corrected chi connectivity index (χ2v) is 7.32. The number of carbonyl (C=O) groups is 2. The lowest BCUT2D eigenvalue weighted by atomic mass is 9.98. The van der Waals surface area contributed by atoms with Crippen molar-refractivity contribution < 1.29 is 28.9 Å². The van der Waals surface area contributed by atoms with E-state index in [1.54, 1.807) is 18.2 Å². The van der Waals surface area contributed by atoms with Crippen LogP contribution < -0.4 is 14.8 Å². The Hall–Kier alpha value is -4.00. The maximum Gasteiger partial charge on any atom is 0.408 e. The molecule has 0 radical (unpaired) electrons. The van der Waals surface area contributed by atoms with Crippen LogP contribution in [0.5, 0.6) is 11.5 Å². The van der Waals surface area contributed by atoms with Crippen LogP contribution in [0.3, 0.4) is 0 Å². The minimum atomic E-state index is -1.37. The monoisotopic (exact) mass is 433 g/mol. The molecule has 1 atom stereocenters. The number of ether oxygens (including phenoxy) is 3. The van der Waals surface area contributed by atoms with Crippen molar-refractivity contribution in [1.29, 1.82) is 0 Å². The Morgan fingerprint density at radius 3 is 2.09 bits per heavy atom. The number of amides is 1. The summed E-state index contributed by atoms with van der Waals surface area (Å²) < 4.78 is 16.0. The summed E-state index contributed by atoms with van der Waals surface area (Å²) in [6, 6.07) is 19.5. The van der Waals surface area contributed by atoms with E-state index in [-0.39, 0.29) is 23.8 Å². The lowest BCUT2D eigenvalue weighted by Gasteiger charge is -2.20. The Labute approximate surface area is 185 Å². The van der Waals surface area contributed by atoms with Crippen molar-refractivity contribution in [3.05, 3.63) is 83.4 Å². The Morgan fingerprint density at radius 2 is 1.53 bits per heavy atom. The molecule has 0 bridgehead atoms. The van der Waals surface area contributed by atoms with Crippen LogP contribution in [0, 0.1) is 0 Å². The molecule has 3 aromatic carbocycles. The highest BCUT2D eigenvalue weighted by Crippen LogP contribution is 2.44. The molecule has 0 heterocycles. The molecule has 4 rings (SSSR count). The van der Waals surface area contributed by atoms with E-state index in [1.807, 2.05) is 48.5 Å². The zero-order valence-corrected chi connectivity index (χ0v) is 17.7. The van der Waals surface area contributed by atoms with Gasteiger partial charge < -0.3 is 24.6 Å². The fraction of sp³-hybridized carbons (Fsp3) is 0.200. The topological polar surface area (TPSA) is 94.1 Å². The van der Waals surface area contributed by atoms with Crippen molar-refractivity contribution in [2.24, 2.45) is 0 Å². The second-order valence-electron chi connectivity index (χ2n) is 7.32. The van der Waals surface area contributed by atoms with Gasteiger partial charge in [-0.3, -0.25) is 0 Å². The molecule has 0 aliphatic heterocycles. The van der Waals surface area contributed by atoms with Gasteiger partial charge in [0.25, 0.3) is 0 Å². The summed E-state index contributed by atoms with van der Waals surface area (Å²) in [5.74, 6) is -0.764. The standard InChI is InChI=1S/C25H23NO6/c1-30-21-13-7-12-19(23(21)31-2)22(24(27)28)26-25(29)32-14-20-17-10-5-3-8-15(17)16-9-4-6-11-18(16)20/h3-13,20,22H,14H2,1-2H3,(H,26,29)(H,27,28). The highest BCUT2D eigenvalue weighted by molar-refractivity contribution is 5.83. The van der Waals surface area contributed by atoms with Crippen LogP contribution in [-0.2, 0) is 9.53 Å². The van der Waals surface area contributed by atoms with Gasteiger partial charge in [-0.15, -0.1) is 0 Å². The fourth-order valence-corrected chi connectivity index (χ4v) is 4.17. The second kappa shape index (κ2) is 9.01. The smallest absolute Gasteiger partial charge is 0.408 e. The van der Waals surface area contributed by atoms with Crippen molar-refractivity contribution in [2.45, 2.75) is 12.0 Å². The number of hydrogen-bond acceptors (Lipinski definition) is 5. The van der Waals surface area contributed by atoms with Gasteiger partial charge in [0, 0.05) is 11.5 Å². The molecule has 7 heteroatoms. The van der Waals surface area contributed by atoms with Crippen molar-refractivity contribution in [1.82, 2.24) is 5.32 Å². The molecule has 164 valence electrons. The van der Waals surface area contributed by atoms with Gasteiger partial charge in [0.1, 0.15) is 6.61 Å². The first kappa shape index (κ1) is 21.2. The first-order valence-corrected chi connectivity index (χ1v) is 10.1. The van der Waals surface area contributed by atoms with E-state index in [4.69, 9.17) is 14.2 Å². The van der Waals surface area contributed by atoms with Crippen LogP contribution in [0.1, 0.15) is 28.7 Å². The molecule has 0 fully saturated rings. The SMILES string of the molecule is COc1cccc(C(NC(=O)OCC2c3ccccc3-c3ccccc32)C(=O)O)c1OC. The number of nitrogens with one attached hydrogen (secondary N) is 1. The molecule has 1 aliphatic rings. The zero-order chi connectivity index (χ0) is 22.7. The van der Waals surface area contributed by atoms with Gasteiger partial charge in [0.05, 0.1) is 14.2 Å². The molecule has 1 unspecified atom stereocenters. The minimum absolute atomic E-state index is 0.0848. The van der Waals surface area contributed by atoms with Crippen LogP contribution in [0.2, 0.25) is 0 Å². The van der Waals surface area contributed by atoms with Gasteiger partial charge >= 0.3 is 12.1 Å². The van der Waals surface area contributed by atoms with Crippen molar-refractivity contribution in [3.8, 4) is 22.6 Å². The number of aliphatic carboxylic acids is 1. The average molecular weight is 433 g/mol. The first-order chi connectivity index (χ1) is 15.5. The number of benzene rings is 3. The van der Waals surface area contributed by atoms with Crippen LogP contribution in [0.4, 0.5) is 4.79 Å². The number of carbonyl (C=O) groups excluding carboxylic acids is 1. The first-order valence-electron chi connectivity index (χ1n) is 10.1. The molecule has 7 nitrogen and oxygen atoms in total. The van der Waals surface area contributed by atoms with E-state index in [1.165, 1.54) is 14.2 Å². The molecule has 0 saturated heterocycles. The van der Waals surface area contributed by atoms with Crippen molar-refractivity contribution >= 4 is 12.1 Å². The van der Waals surface area contributed by atoms with E-state index in [0.717, 1.165) is 22.3 Å². The number of carboxylic acids is 1. The molecule has 32 heavy (non-hydrogen) atoms. The third-order valence-corrected chi connectivity index (χ3v) is 5.60. The van der Waals surface area contributed by atoms with Gasteiger partial charge in [-0.1, -0.05) is 60.7 Å². The third kappa shape index (κ3) is 3.85. The Bertz CT molecular complexity index is 1110. The van der Waals surface area contributed by atoms with E-state index in [0.29, 0.717) is 5.75 Å². The Balaban J connectivity index is 1.52. The fourth-order valence-electron chi connectivity index (χ4n) is 4.17. The molecule has 1 amide bonds. The van der Waals surface area contributed by atoms with Crippen LogP contribution in [0.15, 0.2) is 66.7 Å². The normalized spacial score (nSPS) is 12.9. The highest BCUT2D eigenvalue weighted by Gasteiger charge is 2.31. The summed E-state index contributed by atoms with van der Waals surface area (Å²) in [5, 5.41) is 12.2. The van der Waals surface area contributed by atoms with Gasteiger partial charge in [-0.25, -0.2) is 9.59 Å². The summed E-state index contributed by atoms with van der Waals surface area (Å²) >= 11 is 0. The molecule has 3 aromatic rings. The third-order valence-electron chi connectivity index (χ3n) is 5.60. The average Bonchev–Trinajstić information content (AvgIpc) is 3.14. The summed E-state index contributed by atoms with van der Waals surface area (Å²) in [6.07, 6.45) is -0.830. The number of para-hydroxylation sites is 1. The zero-order valence-electron chi connectivity index (χ0n) is 17.7. The van der Waals surface area contributed by atoms with Gasteiger partial charge in [0.15, 0.2) is 17.5 Å². The van der Waals surface area contributed by atoms with Gasteiger partial charge in [0.2, 0.25) is 0 Å². The largest absolute Gasteiger partial charge is 0.493 e. The highest BCUT2D eigenvalue weighted by atomic mass is 16.5. The summed E-state index contributed by atoms with van der Waals surface area (Å²) in [5.41, 5.74) is 4.63. The molecule has 0 spiro atoms. The van der Waals surface area contributed by atoms with Crippen molar-refractivity contribution in [2.75, 3.05) is 20.8 Å². The molecular formula is C25H23NO6.